The first-order valence-corrected chi connectivity index (χ1v) is 6.68. The van der Waals surface area contributed by atoms with Crippen LogP contribution in [-0.4, -0.2) is 20.1 Å². The molecule has 0 aliphatic rings. The highest BCUT2D eigenvalue weighted by Crippen LogP contribution is 2.34. The number of nitrogens with zero attached hydrogens (tertiary/aromatic N) is 1. The van der Waals surface area contributed by atoms with Gasteiger partial charge in [0.15, 0.2) is 5.75 Å². The molecular formula is C9H6ClF2NO4S. The number of benzene rings is 1. The van der Waals surface area contributed by atoms with Crippen molar-refractivity contribution in [2.24, 2.45) is 0 Å². The summed E-state index contributed by atoms with van der Waals surface area (Å²) in [6.07, 6.45) is 0. The highest BCUT2D eigenvalue weighted by molar-refractivity contribution is 8.13. The molecule has 0 radical (unpaired) electrons. The van der Waals surface area contributed by atoms with Gasteiger partial charge in [-0.15, -0.1) is 0 Å². The third-order valence-electron chi connectivity index (χ3n) is 1.97. The van der Waals surface area contributed by atoms with Crippen LogP contribution in [0.1, 0.15) is 11.1 Å². The summed E-state index contributed by atoms with van der Waals surface area (Å²) in [6, 6.07) is 3.52. The molecule has 0 amide bonds. The van der Waals surface area contributed by atoms with E-state index < -0.39 is 32.9 Å². The fourth-order valence-electron chi connectivity index (χ4n) is 1.28. The number of hydrogen-bond acceptors (Lipinski definition) is 5. The van der Waals surface area contributed by atoms with Crippen LogP contribution in [0.4, 0.5) is 8.78 Å². The van der Waals surface area contributed by atoms with E-state index in [9.17, 15) is 17.2 Å². The van der Waals surface area contributed by atoms with E-state index in [0.717, 1.165) is 12.1 Å². The van der Waals surface area contributed by atoms with E-state index in [0.29, 0.717) is 0 Å². The number of rotatable bonds is 4. The minimum atomic E-state index is -4.34. The second-order valence-corrected chi connectivity index (χ2v) is 5.54. The predicted molar refractivity (Wildman–Crippen MR) is 56.8 cm³/mol. The molecule has 0 spiro atoms. The average Bonchev–Trinajstić information content (AvgIpc) is 2.25. The molecule has 1 rings (SSSR count). The van der Waals surface area contributed by atoms with Crippen LogP contribution in [0.2, 0.25) is 0 Å². The molecule has 1 N–H and O–H groups in total. The Balaban J connectivity index is 3.61. The maximum Gasteiger partial charge on any atom is 0.387 e. The zero-order valence-electron chi connectivity index (χ0n) is 8.60. The topological polar surface area (TPSA) is 87.4 Å². The van der Waals surface area contributed by atoms with Gasteiger partial charge in [0.05, 0.1) is 18.2 Å². The SMILES string of the molecule is N#Cc1ccc(S(=O)(=O)Cl)c(OC(F)F)c1CO. The summed E-state index contributed by atoms with van der Waals surface area (Å²) in [4.78, 5) is -0.729. The number of nitriles is 1. The molecule has 0 atom stereocenters. The molecule has 0 aliphatic carbocycles. The van der Waals surface area contributed by atoms with Gasteiger partial charge in [-0.05, 0) is 12.1 Å². The summed E-state index contributed by atoms with van der Waals surface area (Å²) in [5, 5.41) is 17.7. The minimum absolute atomic E-state index is 0.183. The van der Waals surface area contributed by atoms with Crippen LogP contribution in [0.3, 0.4) is 0 Å². The number of ether oxygens (including phenoxy) is 1. The second kappa shape index (κ2) is 5.48. The van der Waals surface area contributed by atoms with Gasteiger partial charge >= 0.3 is 6.61 Å². The number of alkyl halides is 2. The monoisotopic (exact) mass is 297 g/mol. The summed E-state index contributed by atoms with van der Waals surface area (Å²) >= 11 is 0. The van der Waals surface area contributed by atoms with Crippen molar-refractivity contribution < 1.29 is 27.0 Å². The lowest BCUT2D eigenvalue weighted by Crippen LogP contribution is -2.09. The van der Waals surface area contributed by atoms with Gasteiger partial charge in [0.25, 0.3) is 9.05 Å². The zero-order chi connectivity index (χ0) is 13.9. The summed E-state index contributed by atoms with van der Waals surface area (Å²) < 4.78 is 50.8. The summed E-state index contributed by atoms with van der Waals surface area (Å²) in [5.74, 6) is -0.818. The molecule has 0 saturated carbocycles. The first kappa shape index (κ1) is 14.6. The highest BCUT2D eigenvalue weighted by atomic mass is 35.7. The quantitative estimate of drug-likeness (QED) is 0.853. The molecule has 0 aliphatic heterocycles. The lowest BCUT2D eigenvalue weighted by Gasteiger charge is -2.13. The number of aliphatic hydroxyl groups is 1. The Bertz CT molecular complexity index is 597. The number of aliphatic hydroxyl groups excluding tert-OH is 1. The van der Waals surface area contributed by atoms with Crippen molar-refractivity contribution in [3.05, 3.63) is 23.3 Å². The Labute approximate surface area is 106 Å². The first-order chi connectivity index (χ1) is 8.31. The van der Waals surface area contributed by atoms with Gasteiger partial charge in [0.2, 0.25) is 0 Å². The number of halogens is 3. The van der Waals surface area contributed by atoms with Gasteiger partial charge in [-0.1, -0.05) is 0 Å². The van der Waals surface area contributed by atoms with Crippen molar-refractivity contribution in [2.75, 3.05) is 0 Å². The third kappa shape index (κ3) is 3.07. The van der Waals surface area contributed by atoms with Crippen LogP contribution in [0.15, 0.2) is 17.0 Å². The molecule has 1 aromatic carbocycles. The van der Waals surface area contributed by atoms with Crippen molar-refractivity contribution in [2.45, 2.75) is 18.1 Å². The highest BCUT2D eigenvalue weighted by Gasteiger charge is 2.24. The van der Waals surface area contributed by atoms with Gasteiger partial charge in [-0.3, -0.25) is 0 Å². The van der Waals surface area contributed by atoms with E-state index in [4.69, 9.17) is 21.1 Å². The molecule has 18 heavy (non-hydrogen) atoms. The van der Waals surface area contributed by atoms with Crippen LogP contribution < -0.4 is 4.74 Å². The maximum atomic E-state index is 12.2. The third-order valence-corrected chi connectivity index (χ3v) is 3.32. The van der Waals surface area contributed by atoms with E-state index in [-0.39, 0.29) is 11.1 Å². The van der Waals surface area contributed by atoms with Crippen LogP contribution in [0.25, 0.3) is 0 Å². The summed E-state index contributed by atoms with van der Waals surface area (Å²) in [7, 11) is 0.711. The van der Waals surface area contributed by atoms with E-state index in [1.165, 1.54) is 0 Å². The molecule has 0 bridgehead atoms. The standard InChI is InChI=1S/C9H6ClF2NO4S/c10-18(15,16)7-2-1-5(3-13)6(4-14)8(7)17-9(11)12/h1-2,9,14H,4H2. The average molecular weight is 298 g/mol. The Morgan fingerprint density at radius 3 is 2.50 bits per heavy atom. The fourth-order valence-corrected chi connectivity index (χ4v) is 2.27. The van der Waals surface area contributed by atoms with Gasteiger partial charge in [0.1, 0.15) is 4.90 Å². The molecule has 98 valence electrons. The van der Waals surface area contributed by atoms with Crippen LogP contribution >= 0.6 is 10.7 Å². The molecule has 1 aromatic rings. The summed E-state index contributed by atoms with van der Waals surface area (Å²) in [6.45, 7) is -4.16. The van der Waals surface area contributed by atoms with E-state index in [1.807, 2.05) is 0 Å². The van der Waals surface area contributed by atoms with Crippen molar-refractivity contribution in [3.63, 3.8) is 0 Å². The lowest BCUT2D eigenvalue weighted by molar-refractivity contribution is -0.0528. The largest absolute Gasteiger partial charge is 0.433 e. The van der Waals surface area contributed by atoms with E-state index in [1.54, 1.807) is 6.07 Å². The van der Waals surface area contributed by atoms with E-state index >= 15 is 0 Å². The molecular weight excluding hydrogens is 292 g/mol. The van der Waals surface area contributed by atoms with E-state index in [2.05, 4.69) is 4.74 Å². The molecule has 0 fully saturated rings. The Hall–Kier alpha value is -1.43. The molecule has 5 nitrogen and oxygen atoms in total. The second-order valence-electron chi connectivity index (χ2n) is 3.01. The number of hydrogen-bond donors (Lipinski definition) is 1. The van der Waals surface area contributed by atoms with Crippen LogP contribution in [0, 0.1) is 11.3 Å². The molecule has 0 aromatic heterocycles. The smallest absolute Gasteiger partial charge is 0.387 e. The first-order valence-electron chi connectivity index (χ1n) is 4.37. The normalized spacial score (nSPS) is 11.3. The molecule has 0 unspecified atom stereocenters. The van der Waals surface area contributed by atoms with Gasteiger partial charge < -0.3 is 9.84 Å². The van der Waals surface area contributed by atoms with Crippen molar-refractivity contribution in [1.82, 2.24) is 0 Å². The Kier molecular flexibility index (Phi) is 4.45. The van der Waals surface area contributed by atoms with Crippen molar-refractivity contribution in [1.29, 1.82) is 5.26 Å². The zero-order valence-corrected chi connectivity index (χ0v) is 10.2. The molecule has 0 heterocycles. The molecule has 9 heteroatoms. The van der Waals surface area contributed by atoms with Gasteiger partial charge in [0, 0.05) is 16.2 Å². The van der Waals surface area contributed by atoms with Crippen LogP contribution in [-0.2, 0) is 15.7 Å². The van der Waals surface area contributed by atoms with Crippen LogP contribution in [0.5, 0.6) is 5.75 Å². The van der Waals surface area contributed by atoms with Crippen molar-refractivity contribution in [3.8, 4) is 11.8 Å². The minimum Gasteiger partial charge on any atom is -0.433 e. The fraction of sp³-hybridized carbons (Fsp3) is 0.222. The maximum absolute atomic E-state index is 12.2. The van der Waals surface area contributed by atoms with Gasteiger partial charge in [-0.25, -0.2) is 8.42 Å². The lowest BCUT2D eigenvalue weighted by atomic mass is 10.1. The van der Waals surface area contributed by atoms with Gasteiger partial charge in [-0.2, -0.15) is 14.0 Å². The molecule has 0 saturated heterocycles. The predicted octanol–water partition coefficient (Wildman–Crippen LogP) is 1.58. The van der Waals surface area contributed by atoms with Crippen molar-refractivity contribution >= 4 is 19.7 Å². The Morgan fingerprint density at radius 1 is 1.50 bits per heavy atom. The summed E-state index contributed by atoms with van der Waals surface area (Å²) in [5.41, 5.74) is -0.545. The Morgan fingerprint density at radius 2 is 2.11 bits per heavy atom.